The molecule has 1 aliphatic rings. The Balaban J connectivity index is 1.94. The van der Waals surface area contributed by atoms with E-state index in [4.69, 9.17) is 4.74 Å². The Hall–Kier alpha value is -2.29. The van der Waals surface area contributed by atoms with E-state index in [1.54, 1.807) is 0 Å². The normalized spacial score (nSPS) is 13.2. The Bertz CT molecular complexity index is 607. The van der Waals surface area contributed by atoms with E-state index in [0.717, 1.165) is 18.7 Å². The van der Waals surface area contributed by atoms with Gasteiger partial charge >= 0.3 is 5.97 Å². The maximum absolute atomic E-state index is 11.8. The van der Waals surface area contributed by atoms with Crippen LogP contribution in [0.3, 0.4) is 0 Å². The van der Waals surface area contributed by atoms with E-state index in [9.17, 15) is 4.79 Å². The summed E-state index contributed by atoms with van der Waals surface area (Å²) in [6.45, 7) is 1.59. The first kappa shape index (κ1) is 11.8. The number of carbonyl (C=O) groups excluding carboxylic acids is 1. The molecule has 0 saturated carbocycles. The van der Waals surface area contributed by atoms with Crippen molar-refractivity contribution in [1.82, 2.24) is 0 Å². The second-order valence-corrected chi connectivity index (χ2v) is 4.63. The average Bonchev–Trinajstić information content (AvgIpc) is 2.91. The minimum absolute atomic E-state index is 0.258. The molecule has 0 atom stereocenters. The predicted molar refractivity (Wildman–Crippen MR) is 74.1 cm³/mol. The molecule has 1 aliphatic heterocycles. The van der Waals surface area contributed by atoms with Crippen molar-refractivity contribution in [1.29, 1.82) is 0 Å². The van der Waals surface area contributed by atoms with Gasteiger partial charge in [-0.3, -0.25) is 0 Å². The lowest BCUT2D eigenvalue weighted by molar-refractivity contribution is 0.0599. The van der Waals surface area contributed by atoms with Crippen LogP contribution in [0.1, 0.15) is 21.5 Å². The first-order valence-electron chi connectivity index (χ1n) is 6.28. The maximum Gasteiger partial charge on any atom is 0.338 e. The molecule has 0 bridgehead atoms. The van der Waals surface area contributed by atoms with E-state index in [0.29, 0.717) is 5.56 Å². The van der Waals surface area contributed by atoms with E-state index in [2.05, 4.69) is 23.1 Å². The molecular weight excluding hydrogens is 238 g/mol. The summed E-state index contributed by atoms with van der Waals surface area (Å²) in [6, 6.07) is 16.1. The van der Waals surface area contributed by atoms with Crippen LogP contribution < -0.4 is 4.90 Å². The second kappa shape index (κ2) is 4.76. The molecule has 0 aromatic heterocycles. The number of carbonyl (C=O) groups is 1. The Kier molecular flexibility index (Phi) is 2.95. The number of ether oxygens (including phenoxy) is 1. The number of hydrogen-bond acceptors (Lipinski definition) is 3. The van der Waals surface area contributed by atoms with Gasteiger partial charge < -0.3 is 9.64 Å². The van der Waals surface area contributed by atoms with Crippen molar-refractivity contribution in [3.05, 3.63) is 65.2 Å². The molecule has 1 heterocycles. The smallest absolute Gasteiger partial charge is 0.338 e. The van der Waals surface area contributed by atoms with Crippen LogP contribution in [0.2, 0.25) is 0 Å². The number of nitrogens with zero attached hydrogens (tertiary/aromatic N) is 1. The van der Waals surface area contributed by atoms with Crippen LogP contribution in [0.4, 0.5) is 5.69 Å². The van der Waals surface area contributed by atoms with Crippen LogP contribution in [0.15, 0.2) is 48.5 Å². The van der Waals surface area contributed by atoms with Crippen LogP contribution in [-0.4, -0.2) is 13.1 Å². The number of esters is 1. The number of benzene rings is 2. The molecule has 3 rings (SSSR count). The van der Waals surface area contributed by atoms with Gasteiger partial charge in [0.15, 0.2) is 0 Å². The van der Waals surface area contributed by atoms with Gasteiger partial charge in [0.1, 0.15) is 0 Å². The summed E-state index contributed by atoms with van der Waals surface area (Å²) in [7, 11) is 1.42. The first-order chi connectivity index (χ1) is 9.29. The molecule has 0 N–H and O–H groups in total. The largest absolute Gasteiger partial charge is 0.465 e. The topological polar surface area (TPSA) is 29.5 Å². The fraction of sp³-hybridized carbons (Fsp3) is 0.188. The average molecular weight is 253 g/mol. The summed E-state index contributed by atoms with van der Waals surface area (Å²) in [4.78, 5) is 14.0. The highest BCUT2D eigenvalue weighted by atomic mass is 16.5. The molecule has 3 heteroatoms. The Morgan fingerprint density at radius 2 is 1.84 bits per heavy atom. The zero-order chi connectivity index (χ0) is 13.2. The van der Waals surface area contributed by atoms with E-state index >= 15 is 0 Å². The molecule has 0 radical (unpaired) electrons. The standard InChI is InChI=1S/C16H15NO2/c1-19-16(18)14-9-5-6-12-10-17(11-15(12)14)13-7-3-2-4-8-13/h2-9H,10-11H2,1H3. The van der Waals surface area contributed by atoms with Gasteiger partial charge in [0.25, 0.3) is 0 Å². The van der Waals surface area contributed by atoms with Crippen LogP contribution >= 0.6 is 0 Å². The number of para-hydroxylation sites is 1. The van der Waals surface area contributed by atoms with Crippen LogP contribution in [0.25, 0.3) is 0 Å². The molecule has 3 nitrogen and oxygen atoms in total. The van der Waals surface area contributed by atoms with Gasteiger partial charge in [-0.2, -0.15) is 0 Å². The summed E-state index contributed by atoms with van der Waals surface area (Å²) in [5.74, 6) is -0.258. The lowest BCUT2D eigenvalue weighted by atomic mass is 10.0. The van der Waals surface area contributed by atoms with E-state index in [-0.39, 0.29) is 5.97 Å². The number of fused-ring (bicyclic) bond motifs is 1. The van der Waals surface area contributed by atoms with Crippen molar-refractivity contribution in [2.45, 2.75) is 13.1 Å². The van der Waals surface area contributed by atoms with Crippen LogP contribution in [-0.2, 0) is 17.8 Å². The number of methoxy groups -OCH3 is 1. The van der Waals surface area contributed by atoms with Gasteiger partial charge in [0.2, 0.25) is 0 Å². The quantitative estimate of drug-likeness (QED) is 0.771. The Morgan fingerprint density at radius 1 is 1.05 bits per heavy atom. The second-order valence-electron chi connectivity index (χ2n) is 4.63. The third kappa shape index (κ3) is 2.08. The van der Waals surface area contributed by atoms with E-state index in [1.807, 2.05) is 30.3 Å². The molecule has 96 valence electrons. The van der Waals surface area contributed by atoms with Gasteiger partial charge in [0.05, 0.1) is 12.7 Å². The van der Waals surface area contributed by atoms with Crippen molar-refractivity contribution in [2.75, 3.05) is 12.0 Å². The predicted octanol–water partition coefficient (Wildman–Crippen LogP) is 2.99. The van der Waals surface area contributed by atoms with Crippen LogP contribution in [0.5, 0.6) is 0 Å². The van der Waals surface area contributed by atoms with E-state index in [1.165, 1.54) is 18.4 Å². The van der Waals surface area contributed by atoms with Gasteiger partial charge in [0, 0.05) is 18.8 Å². The van der Waals surface area contributed by atoms with E-state index < -0.39 is 0 Å². The highest BCUT2D eigenvalue weighted by Crippen LogP contribution is 2.30. The highest BCUT2D eigenvalue weighted by molar-refractivity contribution is 5.91. The molecule has 0 amide bonds. The highest BCUT2D eigenvalue weighted by Gasteiger charge is 2.24. The molecule has 0 spiro atoms. The third-order valence-electron chi connectivity index (χ3n) is 3.51. The van der Waals surface area contributed by atoms with Gasteiger partial charge in [-0.05, 0) is 29.3 Å². The van der Waals surface area contributed by atoms with Crippen molar-refractivity contribution in [3.8, 4) is 0 Å². The summed E-state index contributed by atoms with van der Waals surface area (Å²) < 4.78 is 4.85. The summed E-state index contributed by atoms with van der Waals surface area (Å²) in [5, 5.41) is 0. The molecule has 0 saturated heterocycles. The fourth-order valence-electron chi connectivity index (χ4n) is 2.54. The Morgan fingerprint density at radius 3 is 2.58 bits per heavy atom. The van der Waals surface area contributed by atoms with Crippen molar-refractivity contribution < 1.29 is 9.53 Å². The molecule has 19 heavy (non-hydrogen) atoms. The summed E-state index contributed by atoms with van der Waals surface area (Å²) >= 11 is 0. The summed E-state index contributed by atoms with van der Waals surface area (Å²) in [6.07, 6.45) is 0. The van der Waals surface area contributed by atoms with Crippen molar-refractivity contribution in [2.24, 2.45) is 0 Å². The zero-order valence-corrected chi connectivity index (χ0v) is 10.8. The lowest BCUT2D eigenvalue weighted by Crippen LogP contribution is -2.14. The monoisotopic (exact) mass is 253 g/mol. The SMILES string of the molecule is COC(=O)c1cccc2c1CN(c1ccccc1)C2. The fourth-order valence-corrected chi connectivity index (χ4v) is 2.54. The number of hydrogen-bond donors (Lipinski definition) is 0. The molecular formula is C16H15NO2. The third-order valence-corrected chi connectivity index (χ3v) is 3.51. The first-order valence-corrected chi connectivity index (χ1v) is 6.28. The van der Waals surface area contributed by atoms with Gasteiger partial charge in [-0.1, -0.05) is 30.3 Å². The minimum Gasteiger partial charge on any atom is -0.465 e. The zero-order valence-electron chi connectivity index (χ0n) is 10.8. The lowest BCUT2D eigenvalue weighted by Gasteiger charge is -2.17. The number of anilines is 1. The molecule has 0 aliphatic carbocycles. The molecule has 2 aromatic carbocycles. The van der Waals surface area contributed by atoms with Gasteiger partial charge in [-0.15, -0.1) is 0 Å². The Labute approximate surface area is 112 Å². The minimum atomic E-state index is -0.258. The van der Waals surface area contributed by atoms with Crippen LogP contribution in [0, 0.1) is 0 Å². The number of rotatable bonds is 2. The van der Waals surface area contributed by atoms with Crippen molar-refractivity contribution in [3.63, 3.8) is 0 Å². The summed E-state index contributed by atoms with van der Waals surface area (Å²) in [5.41, 5.74) is 4.14. The molecule has 0 unspecified atom stereocenters. The maximum atomic E-state index is 11.8. The van der Waals surface area contributed by atoms with Crippen molar-refractivity contribution >= 4 is 11.7 Å². The molecule has 2 aromatic rings. The molecule has 0 fully saturated rings. The van der Waals surface area contributed by atoms with Gasteiger partial charge in [-0.25, -0.2) is 4.79 Å².